The Balaban J connectivity index is 1.65. The standard InChI is InChI=1S/C25H25NO3/c1-18-7-6-10-22(15-18)26-25(27)14-12-20-11-13-23(24(16-20)28-3)29-17-21-9-5-4-8-19(21)2/h4-16H,17H2,1-3H3,(H,26,27)/b14-12+. The summed E-state index contributed by atoms with van der Waals surface area (Å²) in [6, 6.07) is 21.4. The van der Waals surface area contributed by atoms with Crippen LogP contribution in [0.4, 0.5) is 5.69 Å². The largest absolute Gasteiger partial charge is 0.493 e. The number of amides is 1. The molecule has 0 radical (unpaired) electrons. The Morgan fingerprint density at radius 3 is 2.55 bits per heavy atom. The van der Waals surface area contributed by atoms with E-state index in [-0.39, 0.29) is 5.91 Å². The van der Waals surface area contributed by atoms with Gasteiger partial charge in [0.25, 0.3) is 0 Å². The summed E-state index contributed by atoms with van der Waals surface area (Å²) in [6.45, 7) is 4.52. The zero-order valence-corrected chi connectivity index (χ0v) is 16.9. The molecule has 148 valence electrons. The minimum atomic E-state index is -0.186. The lowest BCUT2D eigenvalue weighted by molar-refractivity contribution is -0.111. The topological polar surface area (TPSA) is 47.6 Å². The van der Waals surface area contributed by atoms with Crippen LogP contribution in [0.25, 0.3) is 6.08 Å². The van der Waals surface area contributed by atoms with Gasteiger partial charge in [0, 0.05) is 11.8 Å². The molecule has 0 spiro atoms. The van der Waals surface area contributed by atoms with Crippen molar-refractivity contribution in [3.8, 4) is 11.5 Å². The van der Waals surface area contributed by atoms with Crippen LogP contribution in [0.15, 0.2) is 72.8 Å². The molecule has 0 fully saturated rings. The first-order valence-electron chi connectivity index (χ1n) is 9.46. The highest BCUT2D eigenvalue weighted by Gasteiger charge is 2.07. The van der Waals surface area contributed by atoms with E-state index in [0.29, 0.717) is 18.1 Å². The number of hydrogen-bond acceptors (Lipinski definition) is 3. The molecule has 0 bridgehead atoms. The molecule has 0 atom stereocenters. The summed E-state index contributed by atoms with van der Waals surface area (Å²) in [7, 11) is 1.61. The Kier molecular flexibility index (Phi) is 6.69. The Hall–Kier alpha value is -3.53. The van der Waals surface area contributed by atoms with Gasteiger partial charge in [-0.1, -0.05) is 42.5 Å². The predicted molar refractivity (Wildman–Crippen MR) is 117 cm³/mol. The molecule has 3 aromatic rings. The van der Waals surface area contributed by atoms with Gasteiger partial charge >= 0.3 is 0 Å². The number of ether oxygens (including phenoxy) is 2. The molecule has 0 unspecified atom stereocenters. The molecule has 3 rings (SSSR count). The van der Waals surface area contributed by atoms with Crippen molar-refractivity contribution in [2.45, 2.75) is 20.5 Å². The fraction of sp³-hybridized carbons (Fsp3) is 0.160. The van der Waals surface area contributed by atoms with Crippen molar-refractivity contribution in [2.24, 2.45) is 0 Å². The monoisotopic (exact) mass is 387 g/mol. The first kappa shape index (κ1) is 20.2. The van der Waals surface area contributed by atoms with E-state index in [1.165, 1.54) is 11.6 Å². The van der Waals surface area contributed by atoms with Gasteiger partial charge in [-0.15, -0.1) is 0 Å². The summed E-state index contributed by atoms with van der Waals surface area (Å²) in [5.41, 5.74) is 5.04. The lowest BCUT2D eigenvalue weighted by Gasteiger charge is -2.12. The maximum Gasteiger partial charge on any atom is 0.248 e. The molecule has 0 aliphatic heterocycles. The third-order valence-electron chi connectivity index (χ3n) is 4.54. The molecule has 1 amide bonds. The number of carbonyl (C=O) groups excluding carboxylic acids is 1. The summed E-state index contributed by atoms with van der Waals surface area (Å²) in [4.78, 5) is 12.2. The first-order valence-corrected chi connectivity index (χ1v) is 9.46. The number of carbonyl (C=O) groups is 1. The van der Waals surface area contributed by atoms with Crippen LogP contribution in [0, 0.1) is 13.8 Å². The first-order chi connectivity index (χ1) is 14.0. The molecule has 3 aromatic carbocycles. The summed E-state index contributed by atoms with van der Waals surface area (Å²) in [5.74, 6) is 1.10. The van der Waals surface area contributed by atoms with E-state index in [1.807, 2.05) is 67.6 Å². The lowest BCUT2D eigenvalue weighted by atomic mass is 10.1. The Morgan fingerprint density at radius 1 is 0.966 bits per heavy atom. The summed E-state index contributed by atoms with van der Waals surface area (Å²) in [6.07, 6.45) is 3.25. The fourth-order valence-corrected chi connectivity index (χ4v) is 2.91. The normalized spacial score (nSPS) is 10.7. The number of benzene rings is 3. The number of methoxy groups -OCH3 is 1. The average Bonchev–Trinajstić information content (AvgIpc) is 2.72. The molecule has 29 heavy (non-hydrogen) atoms. The van der Waals surface area contributed by atoms with Crippen LogP contribution in [0.1, 0.15) is 22.3 Å². The van der Waals surface area contributed by atoms with E-state index in [2.05, 4.69) is 18.3 Å². The third-order valence-corrected chi connectivity index (χ3v) is 4.54. The number of rotatable bonds is 7. The minimum absolute atomic E-state index is 0.186. The van der Waals surface area contributed by atoms with E-state index in [0.717, 1.165) is 22.4 Å². The highest BCUT2D eigenvalue weighted by Crippen LogP contribution is 2.29. The van der Waals surface area contributed by atoms with E-state index < -0.39 is 0 Å². The summed E-state index contributed by atoms with van der Waals surface area (Å²) < 4.78 is 11.4. The van der Waals surface area contributed by atoms with Crippen LogP contribution in [0.5, 0.6) is 11.5 Å². The highest BCUT2D eigenvalue weighted by molar-refractivity contribution is 6.02. The molecule has 0 saturated heterocycles. The van der Waals surface area contributed by atoms with Gasteiger partial charge in [0.1, 0.15) is 6.61 Å². The van der Waals surface area contributed by atoms with Gasteiger partial charge in [0.05, 0.1) is 7.11 Å². The van der Waals surface area contributed by atoms with Gasteiger partial charge in [-0.2, -0.15) is 0 Å². The molecule has 0 aromatic heterocycles. The molecule has 4 heteroatoms. The molecule has 0 aliphatic rings. The Morgan fingerprint density at radius 2 is 1.79 bits per heavy atom. The maximum atomic E-state index is 12.2. The quantitative estimate of drug-likeness (QED) is 0.541. The van der Waals surface area contributed by atoms with Gasteiger partial charge in [0.15, 0.2) is 11.5 Å². The third kappa shape index (κ3) is 5.72. The second kappa shape index (κ2) is 9.60. The number of aryl methyl sites for hydroxylation is 2. The Labute approximate surface area is 171 Å². The second-order valence-corrected chi connectivity index (χ2v) is 6.82. The zero-order chi connectivity index (χ0) is 20.6. The molecule has 0 saturated carbocycles. The van der Waals surface area contributed by atoms with E-state index in [9.17, 15) is 4.79 Å². The highest BCUT2D eigenvalue weighted by atomic mass is 16.5. The summed E-state index contributed by atoms with van der Waals surface area (Å²) >= 11 is 0. The Bertz CT molecular complexity index is 1020. The average molecular weight is 387 g/mol. The van der Waals surface area contributed by atoms with Crippen LogP contribution in [-0.4, -0.2) is 13.0 Å². The predicted octanol–water partition coefficient (Wildman–Crippen LogP) is 5.54. The molecule has 0 aliphatic carbocycles. The van der Waals surface area contributed by atoms with Gasteiger partial charge in [-0.05, 0) is 66.4 Å². The fourth-order valence-electron chi connectivity index (χ4n) is 2.91. The van der Waals surface area contributed by atoms with E-state index in [4.69, 9.17) is 9.47 Å². The van der Waals surface area contributed by atoms with E-state index in [1.54, 1.807) is 13.2 Å². The van der Waals surface area contributed by atoms with Crippen molar-refractivity contribution in [1.29, 1.82) is 0 Å². The van der Waals surface area contributed by atoms with Gasteiger partial charge in [0.2, 0.25) is 5.91 Å². The van der Waals surface area contributed by atoms with Crippen LogP contribution < -0.4 is 14.8 Å². The van der Waals surface area contributed by atoms with Crippen molar-refractivity contribution in [1.82, 2.24) is 0 Å². The van der Waals surface area contributed by atoms with Crippen LogP contribution in [0.3, 0.4) is 0 Å². The summed E-state index contributed by atoms with van der Waals surface area (Å²) in [5, 5.41) is 2.86. The van der Waals surface area contributed by atoms with Gasteiger partial charge < -0.3 is 14.8 Å². The van der Waals surface area contributed by atoms with Gasteiger partial charge in [-0.25, -0.2) is 0 Å². The van der Waals surface area contributed by atoms with Crippen LogP contribution in [0.2, 0.25) is 0 Å². The van der Waals surface area contributed by atoms with Crippen molar-refractivity contribution >= 4 is 17.7 Å². The minimum Gasteiger partial charge on any atom is -0.493 e. The zero-order valence-electron chi connectivity index (χ0n) is 16.9. The van der Waals surface area contributed by atoms with Crippen molar-refractivity contribution in [2.75, 3.05) is 12.4 Å². The van der Waals surface area contributed by atoms with Gasteiger partial charge in [-0.3, -0.25) is 4.79 Å². The molecule has 0 heterocycles. The van der Waals surface area contributed by atoms with E-state index >= 15 is 0 Å². The molecular weight excluding hydrogens is 362 g/mol. The maximum absolute atomic E-state index is 12.2. The van der Waals surface area contributed by atoms with Crippen molar-refractivity contribution in [3.05, 3.63) is 95.1 Å². The van der Waals surface area contributed by atoms with Crippen molar-refractivity contribution < 1.29 is 14.3 Å². The van der Waals surface area contributed by atoms with Crippen molar-refractivity contribution in [3.63, 3.8) is 0 Å². The number of hydrogen-bond donors (Lipinski definition) is 1. The SMILES string of the molecule is COc1cc(/C=C/C(=O)Nc2cccc(C)c2)ccc1OCc1ccccc1C. The number of anilines is 1. The van der Waals surface area contributed by atoms with Crippen LogP contribution in [-0.2, 0) is 11.4 Å². The smallest absolute Gasteiger partial charge is 0.248 e. The number of nitrogens with one attached hydrogen (secondary N) is 1. The second-order valence-electron chi connectivity index (χ2n) is 6.82. The molecule has 4 nitrogen and oxygen atoms in total. The molecule has 1 N–H and O–H groups in total. The lowest BCUT2D eigenvalue weighted by Crippen LogP contribution is -2.07. The molecular formula is C25H25NO3. The van der Waals surface area contributed by atoms with Crippen LogP contribution >= 0.6 is 0 Å².